The molecular formula is C76H62F18O4S. The van der Waals surface area contributed by atoms with E-state index in [0.29, 0.717) is 43.5 Å². The van der Waals surface area contributed by atoms with E-state index in [4.69, 9.17) is 9.47 Å². The Morgan fingerprint density at radius 1 is 0.242 bits per heavy atom. The predicted octanol–water partition coefficient (Wildman–Crippen LogP) is 24.2. The van der Waals surface area contributed by atoms with Crippen LogP contribution in [0.25, 0.3) is 11.1 Å². The molecule has 0 radical (unpaired) electrons. The van der Waals surface area contributed by atoms with Gasteiger partial charge in [0.25, 0.3) is 0 Å². The topological polar surface area (TPSA) is 52.6 Å². The maximum absolute atomic E-state index is 14.4. The molecule has 0 aliphatic rings. The number of alkyl halides is 18. The number of sulfone groups is 1. The summed E-state index contributed by atoms with van der Waals surface area (Å²) < 4.78 is 283. The highest BCUT2D eigenvalue weighted by atomic mass is 32.2. The van der Waals surface area contributed by atoms with Gasteiger partial charge >= 0.3 is 37.1 Å². The SMILES string of the molecule is Cc1ccc(-c2ccc(C)cc2C(F)(F)F)c(C(F)(F)F)c1.Cc1ccc(C(c2ccc(C)cc2)(C(F)(F)F)C(F)(F)F)cc1.Cc1ccc(Oc2ccc(C(c3ccc(Oc4ccc(C)cc4)cc3)(C(F)(F)F)C(F)(F)F)cc2)cc1.Cc1ccc(S(=O)(=O)c2ccc(C)cc2)cc1. The molecule has 0 fully saturated rings. The van der Waals surface area contributed by atoms with Gasteiger partial charge in [-0.25, -0.2) is 8.42 Å². The monoisotopic (exact) mass is 1410 g/mol. The molecule has 0 atom stereocenters. The van der Waals surface area contributed by atoms with Gasteiger partial charge in [-0.1, -0.05) is 190 Å². The second kappa shape index (κ2) is 29.9. The quantitative estimate of drug-likeness (QED) is 0.121. The van der Waals surface area contributed by atoms with Gasteiger partial charge < -0.3 is 9.47 Å². The van der Waals surface area contributed by atoms with E-state index >= 15 is 0 Å². The zero-order chi connectivity index (χ0) is 73.5. The first-order valence-corrected chi connectivity index (χ1v) is 31.2. The summed E-state index contributed by atoms with van der Waals surface area (Å²) in [5.41, 5.74) is -9.16. The Balaban J connectivity index is 0.000000194. The van der Waals surface area contributed by atoms with E-state index in [2.05, 4.69) is 0 Å². The fourth-order valence-corrected chi connectivity index (χ4v) is 11.7. The fourth-order valence-electron chi connectivity index (χ4n) is 10.4. The Bertz CT molecular complexity index is 4140. The van der Waals surface area contributed by atoms with Crippen LogP contribution < -0.4 is 9.47 Å². The van der Waals surface area contributed by atoms with Crippen molar-refractivity contribution in [2.24, 2.45) is 0 Å². The van der Waals surface area contributed by atoms with Gasteiger partial charge in [0.15, 0.2) is 0 Å². The number of rotatable bonds is 11. The van der Waals surface area contributed by atoms with E-state index < -0.39 is 102 Å². The first-order valence-electron chi connectivity index (χ1n) is 29.8. The molecule has 4 nitrogen and oxygen atoms in total. The van der Waals surface area contributed by atoms with Gasteiger partial charge in [-0.05, 0) is 174 Å². The van der Waals surface area contributed by atoms with Crippen LogP contribution in [0.5, 0.6) is 23.0 Å². The minimum Gasteiger partial charge on any atom is -0.457 e. The average molecular weight is 1410 g/mol. The third-order valence-corrected chi connectivity index (χ3v) is 17.5. The predicted molar refractivity (Wildman–Crippen MR) is 343 cm³/mol. The normalized spacial score (nSPS) is 12.4. The summed E-state index contributed by atoms with van der Waals surface area (Å²) in [6.45, 7) is 13.7. The van der Waals surface area contributed by atoms with Crippen LogP contribution in [0.4, 0.5) is 79.0 Å². The average Bonchev–Trinajstić information content (AvgIpc) is 0.727. The lowest BCUT2D eigenvalue weighted by Gasteiger charge is -2.38. The van der Waals surface area contributed by atoms with Gasteiger partial charge in [-0.2, -0.15) is 79.0 Å². The summed E-state index contributed by atoms with van der Waals surface area (Å²) in [7, 11) is -3.37. The molecule has 0 bridgehead atoms. The van der Waals surface area contributed by atoms with Crippen molar-refractivity contribution in [3.05, 3.63) is 308 Å². The summed E-state index contributed by atoms with van der Waals surface area (Å²) in [6, 6.07) is 50.2. The number of benzene rings is 10. The molecule has 10 rings (SSSR count). The van der Waals surface area contributed by atoms with Gasteiger partial charge in [0.05, 0.1) is 20.9 Å². The van der Waals surface area contributed by atoms with Crippen molar-refractivity contribution in [1.82, 2.24) is 0 Å². The minimum absolute atomic E-state index is 0.104. The third kappa shape index (κ3) is 17.9. The van der Waals surface area contributed by atoms with E-state index in [1.165, 1.54) is 50.2 Å². The van der Waals surface area contributed by atoms with E-state index in [1.807, 2.05) is 27.7 Å². The summed E-state index contributed by atoms with van der Waals surface area (Å²) >= 11 is 0. The number of hydrogen-bond donors (Lipinski definition) is 0. The molecule has 0 heterocycles. The second-order valence-electron chi connectivity index (χ2n) is 23.3. The zero-order valence-corrected chi connectivity index (χ0v) is 54.6. The smallest absolute Gasteiger partial charge is 0.417 e. The lowest BCUT2D eigenvalue weighted by atomic mass is 9.72. The molecular weight excluding hydrogens is 1350 g/mol. The summed E-state index contributed by atoms with van der Waals surface area (Å²) in [4.78, 5) is 0.680. The van der Waals surface area contributed by atoms with Crippen LogP contribution in [0.15, 0.2) is 240 Å². The molecule has 10 aromatic rings. The summed E-state index contributed by atoms with van der Waals surface area (Å²) in [5.74, 6) is 1.02. The van der Waals surface area contributed by atoms with Crippen molar-refractivity contribution in [3.8, 4) is 34.1 Å². The van der Waals surface area contributed by atoms with Gasteiger partial charge in [0, 0.05) is 0 Å². The molecule has 0 amide bonds. The number of halogens is 18. The van der Waals surface area contributed by atoms with Crippen molar-refractivity contribution in [3.63, 3.8) is 0 Å². The Labute approximate surface area is 560 Å². The minimum atomic E-state index is -5.69. The molecule has 0 unspecified atom stereocenters. The van der Waals surface area contributed by atoms with Crippen LogP contribution in [-0.4, -0.2) is 33.1 Å². The molecule has 522 valence electrons. The van der Waals surface area contributed by atoms with Crippen LogP contribution in [0.2, 0.25) is 0 Å². The molecule has 0 N–H and O–H groups in total. The largest absolute Gasteiger partial charge is 0.457 e. The second-order valence-corrected chi connectivity index (χ2v) is 25.3. The van der Waals surface area contributed by atoms with E-state index in [9.17, 15) is 87.4 Å². The van der Waals surface area contributed by atoms with Crippen LogP contribution >= 0.6 is 0 Å². The highest BCUT2D eigenvalue weighted by molar-refractivity contribution is 7.91. The molecule has 23 heteroatoms. The fraction of sp³-hybridized carbons (Fsp3) is 0.211. The molecule has 0 aliphatic carbocycles. The Hall–Kier alpha value is -9.51. The Kier molecular flexibility index (Phi) is 23.2. The lowest BCUT2D eigenvalue weighted by Crippen LogP contribution is -2.54. The summed E-state index contributed by atoms with van der Waals surface area (Å²) in [5, 5.41) is 0. The van der Waals surface area contributed by atoms with Crippen molar-refractivity contribution in [2.45, 2.75) is 113 Å². The summed E-state index contributed by atoms with van der Waals surface area (Å²) in [6.07, 6.45) is -31.9. The van der Waals surface area contributed by atoms with Crippen LogP contribution in [0, 0.1) is 55.4 Å². The van der Waals surface area contributed by atoms with E-state index in [1.54, 1.807) is 111 Å². The third-order valence-electron chi connectivity index (χ3n) is 15.7. The van der Waals surface area contributed by atoms with Gasteiger partial charge in [-0.3, -0.25) is 0 Å². The lowest BCUT2D eigenvalue weighted by molar-refractivity contribution is -0.290. The van der Waals surface area contributed by atoms with Crippen molar-refractivity contribution in [1.29, 1.82) is 0 Å². The molecule has 0 spiro atoms. The first-order chi connectivity index (χ1) is 45.9. The van der Waals surface area contributed by atoms with Crippen molar-refractivity contribution >= 4 is 9.84 Å². The highest BCUT2D eigenvalue weighted by Gasteiger charge is 2.73. The molecule has 0 aromatic heterocycles. The number of hydrogen-bond acceptors (Lipinski definition) is 4. The van der Waals surface area contributed by atoms with Gasteiger partial charge in [0.2, 0.25) is 20.7 Å². The Morgan fingerprint density at radius 2 is 0.424 bits per heavy atom. The molecule has 99 heavy (non-hydrogen) atoms. The highest BCUT2D eigenvalue weighted by Crippen LogP contribution is 2.58. The van der Waals surface area contributed by atoms with E-state index in [-0.39, 0.29) is 11.5 Å². The number of aryl methyl sites for hydroxylation is 8. The molecule has 10 aromatic carbocycles. The standard InChI is InChI=1S/C29H22F6O2.C17H14F6.C16H12F6.C14H14O2S/c1-19-3-11-23(12-4-19)36-25-15-7-21(8-16-25)27(28(30,31)32,29(33,34)35)22-9-17-26(18-10-22)37-24-13-5-20(2)6-14-24;1-11-3-7-13(8-4-11)15(16(18,19)20,17(21,22)23)14-9-5-12(2)6-10-14;1-9-3-5-11(13(7-9)15(17,18)19)12-6-4-10(2)8-14(12)16(20,21)22;1-11-3-7-13(8-4-11)17(15,16)14-9-5-12(2)6-10-14/h3-18H,1-2H3;3-10H,1-2H3;3-8H,1-2H3;3-10H,1-2H3. The molecule has 0 saturated carbocycles. The Morgan fingerprint density at radius 3 is 0.636 bits per heavy atom. The molecule has 0 aliphatic heterocycles. The van der Waals surface area contributed by atoms with Crippen LogP contribution in [0.1, 0.15) is 77.9 Å². The zero-order valence-electron chi connectivity index (χ0n) is 53.8. The first kappa shape index (κ1) is 76.9. The van der Waals surface area contributed by atoms with Gasteiger partial charge in [0.1, 0.15) is 23.0 Å². The van der Waals surface area contributed by atoms with E-state index in [0.717, 1.165) is 119 Å². The van der Waals surface area contributed by atoms with Crippen LogP contribution in [0.3, 0.4) is 0 Å². The maximum Gasteiger partial charge on any atom is 0.417 e. The maximum atomic E-state index is 14.4. The van der Waals surface area contributed by atoms with Crippen molar-refractivity contribution < 1.29 is 96.9 Å². The van der Waals surface area contributed by atoms with Crippen LogP contribution in [-0.2, 0) is 33.0 Å². The van der Waals surface area contributed by atoms with Gasteiger partial charge in [-0.15, -0.1) is 0 Å². The number of ether oxygens (including phenoxy) is 2. The van der Waals surface area contributed by atoms with Crippen molar-refractivity contribution in [2.75, 3.05) is 0 Å². The molecule has 0 saturated heterocycles.